The summed E-state index contributed by atoms with van der Waals surface area (Å²) in [5, 5.41) is 9.64. The van der Waals surface area contributed by atoms with E-state index in [-0.39, 0.29) is 37.8 Å². The quantitative estimate of drug-likeness (QED) is 0.362. The van der Waals surface area contributed by atoms with E-state index < -0.39 is 74.1 Å². The Morgan fingerprint density at radius 3 is 2.57 bits per heavy atom. The lowest BCUT2D eigenvalue weighted by Gasteiger charge is -2.35. The number of hydrogen-bond donors (Lipinski definition) is 3. The normalized spacial score (nSPS) is 32.5. The zero-order valence-corrected chi connectivity index (χ0v) is 31.8. The van der Waals surface area contributed by atoms with E-state index in [0.717, 1.165) is 35.2 Å². The average molecular weight is 760 g/mol. The van der Waals surface area contributed by atoms with Crippen LogP contribution in [0.3, 0.4) is 0 Å². The standard InChI is InChI=1S/C40H49N5O8S/c1-5-25-22-40(25,37(48)44-54(50,51)27-16-17-27)42-35(46)32-21-26-23-45(32)36(47)34(39(2,3)4)41-38(49)52-19-11-7-6-8-12-24-15-18-29-28-13-9-10-14-30(28)33(43-53-26)31(29)20-24/h5,8-10,12-15,18,20,25-28,30,32,34H,1,6-7,11,16-17,19,21-23H2,2-4H3,(H,41,49)(H,42,46)(H,44,48)/b12-8+,43-33-/t25-,26-,28?,30?,32+,34-,40-/m1/s1. The number of allylic oxidation sites excluding steroid dienone is 5. The van der Waals surface area contributed by atoms with E-state index in [4.69, 9.17) is 14.7 Å². The van der Waals surface area contributed by atoms with Crippen LogP contribution in [0.5, 0.6) is 0 Å². The molecule has 0 radical (unpaired) electrons. The van der Waals surface area contributed by atoms with Crippen molar-refractivity contribution in [1.29, 1.82) is 0 Å². The number of sulfonamides is 1. The van der Waals surface area contributed by atoms with Gasteiger partial charge in [-0.25, -0.2) is 13.2 Å². The van der Waals surface area contributed by atoms with Crippen LogP contribution in [0.4, 0.5) is 4.79 Å². The Balaban J connectivity index is 1.21. The third-order valence-corrected chi connectivity index (χ3v) is 13.1. The molecule has 13 nitrogen and oxygen atoms in total. The molecular weight excluding hydrogens is 711 g/mol. The molecule has 2 heterocycles. The number of benzene rings is 1. The average Bonchev–Trinajstić information content (AvgIpc) is 4.04. The first kappa shape index (κ1) is 37.6. The van der Waals surface area contributed by atoms with Crippen molar-refractivity contribution in [3.63, 3.8) is 0 Å². The molecule has 3 N–H and O–H groups in total. The van der Waals surface area contributed by atoms with Crippen LogP contribution in [0.1, 0.15) is 88.3 Å². The molecule has 2 saturated carbocycles. The first-order valence-corrected chi connectivity index (χ1v) is 20.4. The van der Waals surface area contributed by atoms with Gasteiger partial charge in [-0.1, -0.05) is 80.6 Å². The van der Waals surface area contributed by atoms with E-state index in [1.165, 1.54) is 11.0 Å². The monoisotopic (exact) mass is 759 g/mol. The van der Waals surface area contributed by atoms with Crippen molar-refractivity contribution in [2.45, 2.75) is 101 Å². The highest BCUT2D eigenvalue weighted by Crippen LogP contribution is 2.46. The molecule has 7 atom stereocenters. The maximum absolute atomic E-state index is 14.5. The van der Waals surface area contributed by atoms with Crippen molar-refractivity contribution in [2.75, 3.05) is 13.2 Å². The van der Waals surface area contributed by atoms with Crippen LogP contribution in [-0.4, -0.2) is 85.0 Å². The highest BCUT2D eigenvalue weighted by Gasteiger charge is 2.62. The number of nitrogens with zero attached hydrogens (tertiary/aromatic N) is 2. The zero-order valence-electron chi connectivity index (χ0n) is 31.0. The van der Waals surface area contributed by atoms with Gasteiger partial charge in [-0.2, -0.15) is 0 Å². The molecule has 288 valence electrons. The number of carbonyl (C=O) groups excluding carboxylic acids is 4. The van der Waals surface area contributed by atoms with Crippen molar-refractivity contribution in [1.82, 2.24) is 20.3 Å². The van der Waals surface area contributed by atoms with Gasteiger partial charge < -0.3 is 25.1 Å². The molecule has 0 aromatic heterocycles. The molecule has 4 aliphatic carbocycles. The van der Waals surface area contributed by atoms with Crippen LogP contribution in [0.15, 0.2) is 66.4 Å². The summed E-state index contributed by atoms with van der Waals surface area (Å²) in [6, 6.07) is 4.10. The Bertz CT molecular complexity index is 1960. The molecule has 1 aromatic rings. The van der Waals surface area contributed by atoms with E-state index in [1.54, 1.807) is 20.8 Å². The van der Waals surface area contributed by atoms with Gasteiger partial charge in [0, 0.05) is 29.7 Å². The number of fused-ring (bicyclic) bond motifs is 6. The third-order valence-electron chi connectivity index (χ3n) is 11.2. The number of carbonyl (C=O) groups is 4. The molecule has 7 rings (SSSR count). The summed E-state index contributed by atoms with van der Waals surface area (Å²) in [6.07, 6.45) is 15.8. The van der Waals surface area contributed by atoms with Gasteiger partial charge >= 0.3 is 6.09 Å². The van der Waals surface area contributed by atoms with Crippen molar-refractivity contribution in [3.8, 4) is 0 Å². The SMILES string of the molecule is C=C[C@@H]1C[C@]1(NC(=O)[C@@H]1C[C@@H]2CN1C(=O)[C@H](C(C)(C)C)NC(=O)OCCCC/C=C/c1ccc3c(c1)/C(=N\O2)C1C=CC=CC31)C(=O)NS(=O)(=O)C1CC1. The molecular formula is C40H49N5O8S. The van der Waals surface area contributed by atoms with Crippen LogP contribution in [0.2, 0.25) is 0 Å². The minimum absolute atomic E-state index is 0.0311. The predicted molar refractivity (Wildman–Crippen MR) is 202 cm³/mol. The summed E-state index contributed by atoms with van der Waals surface area (Å²) in [4.78, 5) is 63.0. The molecule has 54 heavy (non-hydrogen) atoms. The molecule has 4 amide bonds. The minimum atomic E-state index is -3.89. The first-order chi connectivity index (χ1) is 25.7. The van der Waals surface area contributed by atoms with E-state index in [0.29, 0.717) is 19.3 Å². The van der Waals surface area contributed by atoms with E-state index in [1.807, 2.05) is 12.2 Å². The summed E-state index contributed by atoms with van der Waals surface area (Å²) < 4.78 is 33.1. The van der Waals surface area contributed by atoms with Crippen molar-refractivity contribution >= 4 is 45.6 Å². The molecule has 4 bridgehead atoms. The van der Waals surface area contributed by atoms with Gasteiger partial charge in [-0.15, -0.1) is 6.58 Å². The molecule has 1 saturated heterocycles. The fraction of sp³-hybridized carbons (Fsp3) is 0.525. The molecule has 1 aromatic carbocycles. The van der Waals surface area contributed by atoms with Gasteiger partial charge in [-0.05, 0) is 61.1 Å². The van der Waals surface area contributed by atoms with Gasteiger partial charge in [-0.3, -0.25) is 19.1 Å². The summed E-state index contributed by atoms with van der Waals surface area (Å²) in [5.74, 6) is -2.49. The largest absolute Gasteiger partial charge is 0.450 e. The highest BCUT2D eigenvalue weighted by atomic mass is 32.2. The zero-order chi connectivity index (χ0) is 38.4. The second kappa shape index (κ2) is 14.5. The third kappa shape index (κ3) is 7.49. The minimum Gasteiger partial charge on any atom is -0.450 e. The Kier molecular flexibility index (Phi) is 10.1. The van der Waals surface area contributed by atoms with Gasteiger partial charge in [0.05, 0.1) is 24.1 Å². The number of alkyl carbamates (subject to hydrolysis) is 1. The van der Waals surface area contributed by atoms with Gasteiger partial charge in [0.15, 0.2) is 0 Å². The Morgan fingerprint density at radius 2 is 1.87 bits per heavy atom. The second-order valence-corrected chi connectivity index (χ2v) is 18.2. The van der Waals surface area contributed by atoms with Gasteiger partial charge in [0.25, 0.3) is 5.91 Å². The fourth-order valence-corrected chi connectivity index (χ4v) is 9.25. The van der Waals surface area contributed by atoms with Crippen molar-refractivity contribution in [3.05, 3.63) is 77.9 Å². The number of amides is 4. The molecule has 6 aliphatic rings. The topological polar surface area (TPSA) is 173 Å². The van der Waals surface area contributed by atoms with Gasteiger partial charge in [0.1, 0.15) is 23.7 Å². The molecule has 2 aliphatic heterocycles. The maximum atomic E-state index is 14.5. The number of oxime groups is 1. The van der Waals surface area contributed by atoms with Crippen LogP contribution in [0.25, 0.3) is 6.08 Å². The lowest BCUT2D eigenvalue weighted by molar-refractivity contribution is -0.143. The van der Waals surface area contributed by atoms with Crippen LogP contribution < -0.4 is 15.4 Å². The van der Waals surface area contributed by atoms with Crippen molar-refractivity contribution in [2.24, 2.45) is 22.4 Å². The van der Waals surface area contributed by atoms with Crippen LogP contribution in [-0.2, 0) is 34.0 Å². The lowest BCUT2D eigenvalue weighted by atomic mass is 9.85. The second-order valence-electron chi connectivity index (χ2n) is 16.3. The molecule has 3 fully saturated rings. The Hall–Kier alpha value is -4.72. The van der Waals surface area contributed by atoms with E-state index >= 15 is 0 Å². The summed E-state index contributed by atoms with van der Waals surface area (Å²) >= 11 is 0. The Labute approximate surface area is 316 Å². The van der Waals surface area contributed by atoms with E-state index in [9.17, 15) is 27.6 Å². The molecule has 2 unspecified atom stereocenters. The summed E-state index contributed by atoms with van der Waals surface area (Å²) in [6.45, 7) is 9.34. The molecule has 0 spiro atoms. The predicted octanol–water partition coefficient (Wildman–Crippen LogP) is 4.22. The summed E-state index contributed by atoms with van der Waals surface area (Å²) in [5.41, 5.74) is 1.54. The smallest absolute Gasteiger partial charge is 0.407 e. The summed E-state index contributed by atoms with van der Waals surface area (Å²) in [7, 11) is -3.89. The number of rotatable bonds is 6. The number of hydrogen-bond acceptors (Lipinski definition) is 9. The van der Waals surface area contributed by atoms with Crippen LogP contribution >= 0.6 is 0 Å². The van der Waals surface area contributed by atoms with E-state index in [2.05, 4.69) is 64.4 Å². The molecule has 14 heteroatoms. The van der Waals surface area contributed by atoms with Gasteiger partial charge in [0.2, 0.25) is 21.8 Å². The number of ether oxygens (including phenoxy) is 1. The maximum Gasteiger partial charge on any atom is 0.407 e. The first-order valence-electron chi connectivity index (χ1n) is 18.9. The lowest BCUT2D eigenvalue weighted by Crippen LogP contribution is -2.60. The van der Waals surface area contributed by atoms with Crippen molar-refractivity contribution < 1.29 is 37.2 Å². The number of nitrogens with one attached hydrogen (secondary N) is 3. The highest BCUT2D eigenvalue weighted by molar-refractivity contribution is 7.91. The fourth-order valence-electron chi connectivity index (χ4n) is 7.88. The van der Waals surface area contributed by atoms with Crippen LogP contribution in [0, 0.1) is 17.3 Å². The Morgan fingerprint density at radius 1 is 1.11 bits per heavy atom. The number of cyclic esters (lactones) is 1.